The first-order valence-electron chi connectivity index (χ1n) is 10.4. The van der Waals surface area contributed by atoms with Crippen LogP contribution in [0.15, 0.2) is 42.6 Å². The van der Waals surface area contributed by atoms with E-state index in [0.29, 0.717) is 23.4 Å². The molecule has 158 valence electrons. The zero-order valence-corrected chi connectivity index (χ0v) is 18.6. The van der Waals surface area contributed by atoms with Gasteiger partial charge < -0.3 is 10.1 Å². The lowest BCUT2D eigenvalue weighted by atomic mass is 10.0. The maximum Gasteiger partial charge on any atom is 0.348 e. The molecule has 0 radical (unpaired) electrons. The summed E-state index contributed by atoms with van der Waals surface area (Å²) in [5.41, 5.74) is 2.51. The van der Waals surface area contributed by atoms with E-state index >= 15 is 0 Å². The number of esters is 1. The fraction of sp³-hybridized carbons (Fsp3) is 0.375. The summed E-state index contributed by atoms with van der Waals surface area (Å²) in [6.45, 7) is 6.32. The lowest BCUT2D eigenvalue weighted by Crippen LogP contribution is -2.25. The Morgan fingerprint density at radius 1 is 1.17 bits per heavy atom. The fourth-order valence-electron chi connectivity index (χ4n) is 3.20. The number of nitrogens with one attached hydrogen (secondary N) is 1. The monoisotopic (exact) mass is 424 g/mol. The Balaban J connectivity index is 1.60. The molecule has 1 N–H and O–H groups in total. The van der Waals surface area contributed by atoms with Crippen molar-refractivity contribution in [3.05, 3.63) is 63.5 Å². The van der Waals surface area contributed by atoms with Crippen LogP contribution in [0.25, 0.3) is 10.9 Å². The van der Waals surface area contributed by atoms with Gasteiger partial charge in [0.25, 0.3) is 5.91 Å². The first-order valence-corrected chi connectivity index (χ1v) is 11.2. The molecule has 0 atom stereocenters. The number of para-hydroxylation sites is 1. The molecule has 2 heterocycles. The molecule has 6 heteroatoms. The van der Waals surface area contributed by atoms with Crippen molar-refractivity contribution in [3.8, 4) is 0 Å². The van der Waals surface area contributed by atoms with Crippen molar-refractivity contribution in [3.63, 3.8) is 0 Å². The Morgan fingerprint density at radius 3 is 2.77 bits per heavy atom. The minimum Gasteiger partial charge on any atom is -0.459 e. The maximum atomic E-state index is 12.7. The second-order valence-corrected chi connectivity index (χ2v) is 8.72. The number of benzene rings is 1. The Bertz CT molecular complexity index is 1030. The summed E-state index contributed by atoms with van der Waals surface area (Å²) < 4.78 is 5.22. The van der Waals surface area contributed by atoms with Crippen molar-refractivity contribution in [2.75, 3.05) is 6.54 Å². The summed E-state index contributed by atoms with van der Waals surface area (Å²) in [7, 11) is 0. The molecule has 30 heavy (non-hydrogen) atoms. The number of hydrogen-bond acceptors (Lipinski definition) is 5. The fourth-order valence-corrected chi connectivity index (χ4v) is 4.09. The van der Waals surface area contributed by atoms with Crippen LogP contribution in [0.1, 0.15) is 64.1 Å². The number of hydrogen-bond donors (Lipinski definition) is 1. The van der Waals surface area contributed by atoms with Gasteiger partial charge in [-0.2, -0.15) is 0 Å². The smallest absolute Gasteiger partial charge is 0.348 e. The van der Waals surface area contributed by atoms with Gasteiger partial charge in [-0.3, -0.25) is 9.78 Å². The molecule has 0 aliphatic rings. The number of carbonyl (C=O) groups is 2. The number of unbranched alkanes of at least 4 members (excludes halogenated alkanes) is 1. The van der Waals surface area contributed by atoms with Crippen molar-refractivity contribution in [2.45, 2.75) is 52.6 Å². The molecule has 0 unspecified atom stereocenters. The number of thiophene rings is 1. The predicted molar refractivity (Wildman–Crippen MR) is 121 cm³/mol. The summed E-state index contributed by atoms with van der Waals surface area (Å²) in [5, 5.41) is 3.96. The number of aryl methyl sites for hydroxylation is 1. The van der Waals surface area contributed by atoms with Gasteiger partial charge >= 0.3 is 5.97 Å². The molecule has 2 aromatic heterocycles. The Kier molecular flexibility index (Phi) is 7.57. The molecule has 0 aliphatic carbocycles. The van der Waals surface area contributed by atoms with Gasteiger partial charge in [-0.1, -0.05) is 25.5 Å². The molecule has 0 saturated heterocycles. The Morgan fingerprint density at radius 2 is 2.00 bits per heavy atom. The molecular weight excluding hydrogens is 396 g/mol. The van der Waals surface area contributed by atoms with Crippen LogP contribution in [0.3, 0.4) is 0 Å². The van der Waals surface area contributed by atoms with Crippen LogP contribution in [0, 0.1) is 0 Å². The number of amides is 1. The number of nitrogens with zero attached hydrogens (tertiary/aromatic N) is 1. The summed E-state index contributed by atoms with van der Waals surface area (Å²) >= 11 is 1.40. The number of carbonyl (C=O) groups excluding carboxylic acids is 2. The van der Waals surface area contributed by atoms with E-state index in [2.05, 4.69) is 23.3 Å². The second kappa shape index (κ2) is 10.3. The Hall–Kier alpha value is -2.73. The van der Waals surface area contributed by atoms with Crippen LogP contribution in [0.4, 0.5) is 0 Å². The van der Waals surface area contributed by atoms with E-state index < -0.39 is 0 Å². The van der Waals surface area contributed by atoms with Crippen LogP contribution in [0.2, 0.25) is 0 Å². The number of fused-ring (bicyclic) bond motifs is 1. The van der Waals surface area contributed by atoms with E-state index in [0.717, 1.165) is 35.0 Å². The highest BCUT2D eigenvalue weighted by Crippen LogP contribution is 2.20. The van der Waals surface area contributed by atoms with Gasteiger partial charge in [-0.05, 0) is 62.9 Å². The Labute approximate surface area is 181 Å². The standard InChI is InChI=1S/C24H28N2O3S/c1-4-5-7-17-14-18-8-6-9-20(22(18)26-15-17)23(27)25-13-12-19-10-11-21(30-19)24(28)29-16(2)3/h6,8-11,14-16H,4-5,7,12-13H2,1-3H3,(H,25,27). The molecule has 3 rings (SSSR count). The van der Waals surface area contributed by atoms with Gasteiger partial charge in [0.1, 0.15) is 4.88 Å². The van der Waals surface area contributed by atoms with Gasteiger partial charge in [-0.15, -0.1) is 11.3 Å². The molecule has 0 fully saturated rings. The average molecular weight is 425 g/mol. The third kappa shape index (κ3) is 5.66. The maximum absolute atomic E-state index is 12.7. The van der Waals surface area contributed by atoms with E-state index in [4.69, 9.17) is 4.74 Å². The van der Waals surface area contributed by atoms with Crippen LogP contribution >= 0.6 is 11.3 Å². The molecule has 5 nitrogen and oxygen atoms in total. The normalized spacial score (nSPS) is 11.1. The van der Waals surface area contributed by atoms with E-state index in [1.165, 1.54) is 16.9 Å². The first-order chi connectivity index (χ1) is 14.5. The quantitative estimate of drug-likeness (QED) is 0.481. The highest BCUT2D eigenvalue weighted by molar-refractivity contribution is 7.13. The zero-order valence-electron chi connectivity index (χ0n) is 17.7. The molecular formula is C24H28N2O3S. The number of pyridine rings is 1. The van der Waals surface area contributed by atoms with Crippen molar-refractivity contribution in [1.29, 1.82) is 0 Å². The minimum absolute atomic E-state index is 0.134. The van der Waals surface area contributed by atoms with Crippen LogP contribution in [-0.4, -0.2) is 29.5 Å². The van der Waals surface area contributed by atoms with Gasteiger partial charge in [0.2, 0.25) is 0 Å². The van der Waals surface area contributed by atoms with Crippen LogP contribution in [0.5, 0.6) is 0 Å². The summed E-state index contributed by atoms with van der Waals surface area (Å²) in [5.74, 6) is -0.434. The highest BCUT2D eigenvalue weighted by Gasteiger charge is 2.14. The SMILES string of the molecule is CCCCc1cnc2c(C(=O)NCCc3ccc(C(=O)OC(C)C)s3)cccc2c1. The van der Waals surface area contributed by atoms with Crippen molar-refractivity contribution in [1.82, 2.24) is 10.3 Å². The second-order valence-electron chi connectivity index (χ2n) is 7.55. The molecule has 3 aromatic rings. The van der Waals surface area contributed by atoms with E-state index in [1.807, 2.05) is 44.3 Å². The van der Waals surface area contributed by atoms with Gasteiger partial charge in [-0.25, -0.2) is 4.79 Å². The first kappa shape index (κ1) is 22.0. The minimum atomic E-state index is -0.301. The third-order valence-electron chi connectivity index (χ3n) is 4.69. The number of aromatic nitrogens is 1. The zero-order chi connectivity index (χ0) is 21.5. The summed E-state index contributed by atoms with van der Waals surface area (Å²) in [4.78, 5) is 30.8. The van der Waals surface area contributed by atoms with Gasteiger partial charge in [0.05, 0.1) is 17.2 Å². The van der Waals surface area contributed by atoms with Crippen LogP contribution < -0.4 is 5.32 Å². The van der Waals surface area contributed by atoms with Crippen molar-refractivity contribution in [2.24, 2.45) is 0 Å². The summed E-state index contributed by atoms with van der Waals surface area (Å²) in [6, 6.07) is 11.5. The lowest BCUT2D eigenvalue weighted by Gasteiger charge is -2.08. The summed E-state index contributed by atoms with van der Waals surface area (Å²) in [6.07, 6.45) is 5.67. The largest absolute Gasteiger partial charge is 0.459 e. The lowest BCUT2D eigenvalue weighted by molar-refractivity contribution is 0.0383. The highest BCUT2D eigenvalue weighted by atomic mass is 32.1. The van der Waals surface area contributed by atoms with Crippen LogP contribution in [-0.2, 0) is 17.6 Å². The molecule has 0 spiro atoms. The van der Waals surface area contributed by atoms with Gasteiger partial charge in [0, 0.05) is 23.0 Å². The van der Waals surface area contributed by atoms with Crippen molar-refractivity contribution >= 4 is 34.1 Å². The molecule has 1 aromatic carbocycles. The molecule has 0 aliphatic heterocycles. The number of rotatable bonds is 9. The average Bonchev–Trinajstić information content (AvgIpc) is 3.20. The number of ether oxygens (including phenoxy) is 1. The third-order valence-corrected chi connectivity index (χ3v) is 5.82. The van der Waals surface area contributed by atoms with E-state index in [1.54, 1.807) is 6.07 Å². The topological polar surface area (TPSA) is 68.3 Å². The van der Waals surface area contributed by atoms with Crippen molar-refractivity contribution < 1.29 is 14.3 Å². The van der Waals surface area contributed by atoms with Gasteiger partial charge in [0.15, 0.2) is 0 Å². The molecule has 0 saturated carbocycles. The molecule has 0 bridgehead atoms. The predicted octanol–water partition coefficient (Wildman–Crippen LogP) is 5.18. The molecule has 1 amide bonds. The van der Waals surface area contributed by atoms with E-state index in [-0.39, 0.29) is 18.0 Å². The van der Waals surface area contributed by atoms with E-state index in [9.17, 15) is 9.59 Å².